The number of carbonyl (C=O) groups is 1. The maximum atomic E-state index is 13.8. The van der Waals surface area contributed by atoms with Crippen molar-refractivity contribution in [3.05, 3.63) is 99.5 Å². The molecule has 1 aliphatic rings. The molecule has 0 spiro atoms. The summed E-state index contributed by atoms with van der Waals surface area (Å²) in [6.07, 6.45) is 0.839. The lowest BCUT2D eigenvalue weighted by molar-refractivity contribution is -0.121. The Labute approximate surface area is 221 Å². The van der Waals surface area contributed by atoms with Crippen LogP contribution in [0.4, 0.5) is 5.69 Å². The van der Waals surface area contributed by atoms with Gasteiger partial charge in [0.25, 0.3) is 0 Å². The first-order chi connectivity index (χ1) is 18.2. The van der Waals surface area contributed by atoms with Crippen molar-refractivity contribution in [1.29, 1.82) is 0 Å². The predicted octanol–water partition coefficient (Wildman–Crippen LogP) is 5.48. The number of aromatic nitrogens is 1. The largest absolute Gasteiger partial charge is 0.493 e. The number of aliphatic hydroxyl groups is 1. The number of ether oxygens (including phenoxy) is 1. The Kier molecular flexibility index (Phi) is 7.04. The normalized spacial score (nSPS) is 14.5. The average molecular weight is 513 g/mol. The summed E-state index contributed by atoms with van der Waals surface area (Å²) in [5.74, 6) is 0.208. The minimum absolute atomic E-state index is 0.200. The Morgan fingerprint density at radius 1 is 1.08 bits per heavy atom. The molecule has 38 heavy (non-hydrogen) atoms. The number of hydrogen-bond acceptors (Lipinski definition) is 6. The molecule has 0 fully saturated rings. The van der Waals surface area contributed by atoms with Crippen LogP contribution in [0.25, 0.3) is 10.8 Å². The second kappa shape index (κ2) is 10.4. The van der Waals surface area contributed by atoms with Crippen LogP contribution in [0.3, 0.4) is 0 Å². The van der Waals surface area contributed by atoms with Crippen molar-refractivity contribution in [1.82, 2.24) is 5.16 Å². The smallest absolute Gasteiger partial charge is 0.366 e. The zero-order valence-electron chi connectivity index (χ0n) is 21.9. The van der Waals surface area contributed by atoms with Crippen molar-refractivity contribution in [2.24, 2.45) is 5.92 Å². The van der Waals surface area contributed by atoms with Crippen LogP contribution < -0.4 is 15.7 Å². The molecule has 5 rings (SSSR count). The molecule has 0 aliphatic carbocycles. The minimum atomic E-state index is -0.798. The topological polar surface area (TPSA) is 102 Å². The fourth-order valence-corrected chi connectivity index (χ4v) is 5.39. The van der Waals surface area contributed by atoms with Gasteiger partial charge in [-0.15, -0.1) is 0 Å². The fourth-order valence-electron chi connectivity index (χ4n) is 5.39. The molecule has 0 saturated carbocycles. The zero-order valence-corrected chi connectivity index (χ0v) is 21.9. The second-order valence-electron chi connectivity index (χ2n) is 10.6. The lowest BCUT2D eigenvalue weighted by Crippen LogP contribution is -2.31. The van der Waals surface area contributed by atoms with E-state index in [4.69, 9.17) is 9.26 Å². The number of aliphatic hydroxyl groups excluding tert-OH is 1. The molecule has 7 heteroatoms. The maximum Gasteiger partial charge on any atom is 0.366 e. The van der Waals surface area contributed by atoms with Gasteiger partial charge in [-0.25, -0.2) is 4.79 Å². The summed E-state index contributed by atoms with van der Waals surface area (Å²) in [6, 6.07) is 20.6. The van der Waals surface area contributed by atoms with Gasteiger partial charge >= 0.3 is 5.63 Å². The van der Waals surface area contributed by atoms with Gasteiger partial charge in [0.05, 0.1) is 23.8 Å². The summed E-state index contributed by atoms with van der Waals surface area (Å²) in [5, 5.41) is 18.9. The van der Waals surface area contributed by atoms with Crippen molar-refractivity contribution in [3.63, 3.8) is 0 Å². The summed E-state index contributed by atoms with van der Waals surface area (Å²) < 4.78 is 10.8. The molecular weight excluding hydrogens is 480 g/mol. The molecule has 196 valence electrons. The second-order valence-corrected chi connectivity index (χ2v) is 10.6. The van der Waals surface area contributed by atoms with E-state index in [1.165, 1.54) is 5.56 Å². The van der Waals surface area contributed by atoms with Crippen LogP contribution in [-0.2, 0) is 16.6 Å². The number of carbonyl (C=O) groups excluding carboxylic acids is 1. The van der Waals surface area contributed by atoms with E-state index in [-0.39, 0.29) is 12.3 Å². The Balaban J connectivity index is 1.45. The molecule has 2 unspecified atom stereocenters. The molecule has 3 aromatic carbocycles. The number of benzene rings is 3. The first-order valence-corrected chi connectivity index (χ1v) is 12.9. The molecular formula is C31H32N2O5. The quantitative estimate of drug-likeness (QED) is 0.324. The van der Waals surface area contributed by atoms with Gasteiger partial charge in [-0.2, -0.15) is 0 Å². The highest BCUT2D eigenvalue weighted by Crippen LogP contribution is 2.42. The third-order valence-corrected chi connectivity index (χ3v) is 7.43. The van der Waals surface area contributed by atoms with Crippen LogP contribution in [0.15, 0.2) is 76.0 Å². The van der Waals surface area contributed by atoms with Gasteiger partial charge in [0.2, 0.25) is 5.91 Å². The molecule has 1 amide bonds. The molecule has 0 radical (unpaired) electrons. The molecule has 1 aromatic heterocycles. The summed E-state index contributed by atoms with van der Waals surface area (Å²) in [5.41, 5.74) is 3.23. The molecule has 7 nitrogen and oxygen atoms in total. The number of amides is 1. The van der Waals surface area contributed by atoms with E-state index >= 15 is 0 Å². The lowest BCUT2D eigenvalue weighted by atomic mass is 9.74. The molecule has 2 heterocycles. The molecule has 4 aromatic rings. The Hall–Kier alpha value is -3.97. The van der Waals surface area contributed by atoms with Gasteiger partial charge in [0.1, 0.15) is 5.75 Å². The number of nitrogens with zero attached hydrogens (tertiary/aromatic N) is 1. The van der Waals surface area contributed by atoms with Crippen LogP contribution in [0, 0.1) is 12.8 Å². The van der Waals surface area contributed by atoms with Gasteiger partial charge in [-0.1, -0.05) is 67.5 Å². The number of fused-ring (bicyclic) bond motifs is 2. The van der Waals surface area contributed by atoms with Gasteiger partial charge in [0.15, 0.2) is 0 Å². The first kappa shape index (κ1) is 25.7. The Bertz CT molecular complexity index is 1530. The standard InChI is InChI=1S/C31H32N2O5/c1-19-25-17-23(12-13-24(25)30(36)38-33-19)32-29(35)22(16-27(34)20-8-5-4-6-9-20)18-31(2,3)26-11-7-10-21-14-15-37-28(21)26/h4-13,17,22,27,34H,14-16,18H2,1-3H3,(H,32,35). The van der Waals surface area contributed by atoms with E-state index in [1.807, 2.05) is 36.4 Å². The highest BCUT2D eigenvalue weighted by molar-refractivity contribution is 5.96. The molecule has 2 atom stereocenters. The van der Waals surface area contributed by atoms with Gasteiger partial charge in [-0.3, -0.25) is 4.79 Å². The van der Waals surface area contributed by atoms with E-state index < -0.39 is 23.1 Å². The predicted molar refractivity (Wildman–Crippen MR) is 146 cm³/mol. The van der Waals surface area contributed by atoms with Crippen molar-refractivity contribution in [3.8, 4) is 5.75 Å². The number of para-hydroxylation sites is 1. The molecule has 0 saturated heterocycles. The van der Waals surface area contributed by atoms with E-state index in [1.54, 1.807) is 25.1 Å². The number of rotatable bonds is 8. The SMILES string of the molecule is Cc1noc(=O)c2ccc(NC(=O)C(CC(O)c3ccccc3)CC(C)(C)c3cccc4c3OCC4)cc12. The third kappa shape index (κ3) is 5.20. The van der Waals surface area contributed by atoms with Crippen molar-refractivity contribution in [2.45, 2.75) is 51.6 Å². The molecule has 1 aliphatic heterocycles. The zero-order chi connectivity index (χ0) is 26.9. The Morgan fingerprint density at radius 2 is 1.87 bits per heavy atom. The van der Waals surface area contributed by atoms with E-state index in [0.717, 1.165) is 23.3 Å². The monoisotopic (exact) mass is 512 g/mol. The van der Waals surface area contributed by atoms with Crippen LogP contribution in [-0.4, -0.2) is 22.8 Å². The highest BCUT2D eigenvalue weighted by Gasteiger charge is 2.34. The van der Waals surface area contributed by atoms with E-state index in [2.05, 4.69) is 36.5 Å². The van der Waals surface area contributed by atoms with Crippen LogP contribution in [0.2, 0.25) is 0 Å². The number of aryl methyl sites for hydroxylation is 1. The lowest BCUT2D eigenvalue weighted by Gasteiger charge is -2.32. The van der Waals surface area contributed by atoms with Gasteiger partial charge in [-0.05, 0) is 54.5 Å². The number of hydrogen-bond donors (Lipinski definition) is 2. The average Bonchev–Trinajstić information content (AvgIpc) is 3.40. The summed E-state index contributed by atoms with van der Waals surface area (Å²) >= 11 is 0. The highest BCUT2D eigenvalue weighted by atomic mass is 16.5. The number of anilines is 1. The Morgan fingerprint density at radius 3 is 2.66 bits per heavy atom. The summed E-state index contributed by atoms with van der Waals surface area (Å²) in [4.78, 5) is 25.8. The maximum absolute atomic E-state index is 13.8. The number of nitrogens with one attached hydrogen (secondary N) is 1. The summed E-state index contributed by atoms with van der Waals surface area (Å²) in [7, 11) is 0. The molecule has 0 bridgehead atoms. The van der Waals surface area contributed by atoms with Crippen LogP contribution in [0.1, 0.15) is 55.2 Å². The van der Waals surface area contributed by atoms with Gasteiger partial charge in [0, 0.05) is 29.0 Å². The third-order valence-electron chi connectivity index (χ3n) is 7.43. The van der Waals surface area contributed by atoms with Gasteiger partial charge < -0.3 is 19.7 Å². The van der Waals surface area contributed by atoms with E-state index in [0.29, 0.717) is 35.2 Å². The first-order valence-electron chi connectivity index (χ1n) is 12.9. The minimum Gasteiger partial charge on any atom is -0.493 e. The van der Waals surface area contributed by atoms with Crippen LogP contribution in [0.5, 0.6) is 5.75 Å². The van der Waals surface area contributed by atoms with Crippen molar-refractivity contribution < 1.29 is 19.2 Å². The molecule has 2 N–H and O–H groups in total. The van der Waals surface area contributed by atoms with Crippen molar-refractivity contribution in [2.75, 3.05) is 11.9 Å². The van der Waals surface area contributed by atoms with Crippen molar-refractivity contribution >= 4 is 22.4 Å². The summed E-state index contributed by atoms with van der Waals surface area (Å²) in [6.45, 7) is 6.64. The fraction of sp³-hybridized carbons (Fsp3) is 0.323. The van der Waals surface area contributed by atoms with Crippen LogP contribution >= 0.6 is 0 Å². The van der Waals surface area contributed by atoms with E-state index in [9.17, 15) is 14.7 Å².